The zero-order chi connectivity index (χ0) is 81.9. The number of nitrogens with zero attached hydrogens (tertiary/aromatic N) is 5. The summed E-state index contributed by atoms with van der Waals surface area (Å²) in [5.74, 6) is -10.9. The van der Waals surface area contributed by atoms with Gasteiger partial charge in [-0.2, -0.15) is 11.8 Å². The van der Waals surface area contributed by atoms with E-state index in [1.54, 1.807) is 88.5 Å². The largest absolute Gasteiger partial charge is 0.480 e. The third kappa shape index (κ3) is 30.1. The van der Waals surface area contributed by atoms with Crippen molar-refractivity contribution in [1.29, 1.82) is 0 Å². The molecule has 0 radical (unpaired) electrons. The minimum absolute atomic E-state index is 0.00896. The van der Waals surface area contributed by atoms with Crippen molar-refractivity contribution in [3.05, 3.63) is 71.9 Å². The number of aromatic amines is 1. The number of carboxylic acids is 1. The number of aromatic nitrogens is 1. The molecule has 0 aliphatic carbocycles. The number of benzene rings is 2. The average molecular weight is 1570 g/mol. The molecule has 0 spiro atoms. The van der Waals surface area contributed by atoms with Crippen LogP contribution in [0.1, 0.15) is 129 Å². The summed E-state index contributed by atoms with van der Waals surface area (Å²) >= 11 is 1.41. The summed E-state index contributed by atoms with van der Waals surface area (Å²) in [6.45, 7) is 6.42. The van der Waals surface area contributed by atoms with E-state index in [1.165, 1.54) is 21.6 Å². The Kier molecular flexibility index (Phi) is 38.0. The molecule has 612 valence electrons. The number of fused-ring (bicyclic) bond motifs is 1. The normalized spacial score (nSPS) is 16.6. The van der Waals surface area contributed by atoms with Gasteiger partial charge in [0.2, 0.25) is 65.0 Å². The third-order valence-corrected chi connectivity index (χ3v) is 19.7. The van der Waals surface area contributed by atoms with Crippen LogP contribution in [-0.4, -0.2) is 239 Å². The summed E-state index contributed by atoms with van der Waals surface area (Å²) < 4.78 is 0. The molecule has 5 rings (SSSR count). The monoisotopic (exact) mass is 1570 g/mol. The van der Waals surface area contributed by atoms with Gasteiger partial charge in [0.05, 0.1) is 12.6 Å². The molecule has 1 aromatic heterocycles. The molecule has 0 unspecified atom stereocenters. The summed E-state index contributed by atoms with van der Waals surface area (Å²) in [5, 5.41) is 37.5. The van der Waals surface area contributed by atoms with E-state index in [-0.39, 0.29) is 141 Å². The Morgan fingerprint density at radius 3 is 1.61 bits per heavy atom. The van der Waals surface area contributed by atoms with Crippen LogP contribution in [0.15, 0.2) is 75.8 Å². The Balaban J connectivity index is 1.43. The highest BCUT2D eigenvalue weighted by Crippen LogP contribution is 2.25. The summed E-state index contributed by atoms with van der Waals surface area (Å²) in [6.07, 6.45) is 5.18. The first kappa shape index (κ1) is 90.6. The Labute approximate surface area is 649 Å². The number of amides is 13. The first-order valence-corrected chi connectivity index (χ1v) is 38.8. The summed E-state index contributed by atoms with van der Waals surface area (Å²) in [4.78, 5) is 201. The van der Waals surface area contributed by atoms with Gasteiger partial charge in [-0.1, -0.05) is 82.6 Å². The zero-order valence-corrected chi connectivity index (χ0v) is 64.6. The van der Waals surface area contributed by atoms with Gasteiger partial charge in [-0.15, -0.1) is 0 Å². The van der Waals surface area contributed by atoms with Crippen molar-refractivity contribution in [3.63, 3.8) is 0 Å². The van der Waals surface area contributed by atoms with E-state index in [9.17, 15) is 53.1 Å². The first-order chi connectivity index (χ1) is 52.8. The average Bonchev–Trinajstić information content (AvgIpc) is 1.71. The highest BCUT2D eigenvalue weighted by Gasteiger charge is 2.43. The number of nitrogens with two attached hydrogens (primary N) is 8. The Morgan fingerprint density at radius 1 is 0.541 bits per heavy atom. The van der Waals surface area contributed by atoms with Gasteiger partial charge in [0.1, 0.15) is 60.4 Å². The topological polar surface area (TPSA) is 630 Å². The molecule has 111 heavy (non-hydrogen) atoms. The fourth-order valence-corrected chi connectivity index (χ4v) is 13.3. The van der Waals surface area contributed by atoms with Crippen molar-refractivity contribution in [3.8, 4) is 0 Å². The number of rotatable bonds is 47. The van der Waals surface area contributed by atoms with E-state index in [0.717, 1.165) is 0 Å². The number of hydrogen-bond donors (Lipinski definition) is 20. The number of nitrogens with one attached hydrogen (secondary N) is 11. The molecule has 3 aromatic rings. The van der Waals surface area contributed by atoms with Gasteiger partial charge < -0.3 is 119 Å². The van der Waals surface area contributed by atoms with E-state index in [4.69, 9.17) is 45.9 Å². The van der Waals surface area contributed by atoms with Crippen LogP contribution in [0.2, 0.25) is 0 Å². The van der Waals surface area contributed by atoms with Crippen LogP contribution in [0.5, 0.6) is 0 Å². The van der Waals surface area contributed by atoms with Crippen molar-refractivity contribution in [2.24, 2.45) is 72.7 Å². The minimum atomic E-state index is -1.52. The lowest BCUT2D eigenvalue weighted by molar-refractivity contribution is -0.146. The molecule has 2 aromatic carbocycles. The Hall–Kier alpha value is -11.0. The van der Waals surface area contributed by atoms with Gasteiger partial charge in [0.25, 0.3) is 0 Å². The molecule has 0 bridgehead atoms. The summed E-state index contributed by atoms with van der Waals surface area (Å²) in [7, 11) is 0. The number of guanidine groups is 3. The van der Waals surface area contributed by atoms with Gasteiger partial charge in [-0.05, 0) is 125 Å². The van der Waals surface area contributed by atoms with Gasteiger partial charge in [0, 0.05) is 69.2 Å². The van der Waals surface area contributed by atoms with Gasteiger partial charge >= 0.3 is 12.0 Å². The molecule has 13 amide bonds. The van der Waals surface area contributed by atoms with Crippen LogP contribution in [0.4, 0.5) is 4.79 Å². The number of aliphatic carboxylic acids is 1. The van der Waals surface area contributed by atoms with Crippen molar-refractivity contribution >= 4 is 118 Å². The predicted octanol–water partition coefficient (Wildman–Crippen LogP) is -3.59. The lowest BCUT2D eigenvalue weighted by atomic mass is 9.96. The van der Waals surface area contributed by atoms with E-state index in [2.05, 4.69) is 73.1 Å². The number of carboxylic acid groups (broad SMARTS) is 1. The molecule has 2 aliphatic heterocycles. The van der Waals surface area contributed by atoms with E-state index >= 15 is 14.4 Å². The van der Waals surface area contributed by atoms with Gasteiger partial charge in [-0.25, -0.2) is 9.59 Å². The van der Waals surface area contributed by atoms with Crippen LogP contribution in [0.25, 0.3) is 10.9 Å². The minimum Gasteiger partial charge on any atom is -0.480 e. The fraction of sp³-hybridized carbons (Fsp3) is 0.583. The second-order valence-corrected chi connectivity index (χ2v) is 28.9. The number of carbonyl (C=O) groups is 13. The highest BCUT2D eigenvalue weighted by atomic mass is 32.2. The first-order valence-electron chi connectivity index (χ1n) is 37.4. The third-order valence-electron chi connectivity index (χ3n) is 19.1. The lowest BCUT2D eigenvalue weighted by Gasteiger charge is -2.32. The number of carbonyl (C=O) groups excluding carboxylic acids is 12. The maximum Gasteiger partial charge on any atom is 0.326 e. The molecular formula is C72H114N24O14S. The molecular weight excluding hydrogens is 1460 g/mol. The van der Waals surface area contributed by atoms with Crippen molar-refractivity contribution in [1.82, 2.24) is 68.0 Å². The number of primary amides is 1. The molecule has 3 heterocycles. The number of para-hydroxylation sites is 1. The summed E-state index contributed by atoms with van der Waals surface area (Å²) in [6, 6.07) is 0.869. The van der Waals surface area contributed by atoms with Crippen LogP contribution < -0.4 is 99.0 Å². The van der Waals surface area contributed by atoms with Gasteiger partial charge in [0.15, 0.2) is 17.9 Å². The SMILES string of the molecule is CC[C@H](C)[C@H](NC(=O)[C@H](Cc1c[nH]c2ccccc12)NC(=O)[C@H](CCCNC(N)=O)NC(=O)[C@@H]1CCCN1C(=O)[C@H](CCCN=C(N)N)NC(=O)CNC(=O)[C@H](CCSC)NC(=O)[C@@H](N)CCCN=C(N)N)C(=O)N[C@@H](CCCN=C(N)N)C(=O)N[C@@H](Cc1ccccc1)C(=O)N1CCC[C@H]1C(=O)N[C@H](C(=O)O)C(C)C. The molecule has 0 saturated carbocycles. The number of likely N-dealkylation sites (tertiary alicyclic amines) is 2. The number of hydrogen-bond acceptors (Lipinski definition) is 18. The second kappa shape index (κ2) is 46.5. The molecule has 38 nitrogen and oxygen atoms in total. The smallest absolute Gasteiger partial charge is 0.326 e. The molecule has 2 fully saturated rings. The molecule has 2 saturated heterocycles. The van der Waals surface area contributed by atoms with E-state index < -0.39 is 162 Å². The molecule has 12 atom stereocenters. The zero-order valence-electron chi connectivity index (χ0n) is 63.8. The van der Waals surface area contributed by atoms with Crippen molar-refractivity contribution in [2.45, 2.75) is 197 Å². The highest BCUT2D eigenvalue weighted by molar-refractivity contribution is 7.98. The van der Waals surface area contributed by atoms with Crippen LogP contribution in [0, 0.1) is 11.8 Å². The number of H-pyrrole nitrogens is 1. The molecule has 28 N–H and O–H groups in total. The number of aliphatic imine (C=N–C) groups is 3. The molecule has 39 heteroatoms. The van der Waals surface area contributed by atoms with Crippen LogP contribution in [0.3, 0.4) is 0 Å². The quantitative estimate of drug-likeness (QED) is 0.0148. The van der Waals surface area contributed by atoms with Gasteiger partial charge in [-0.3, -0.25) is 67.7 Å². The van der Waals surface area contributed by atoms with E-state index in [1.807, 2.05) is 6.26 Å². The lowest BCUT2D eigenvalue weighted by Crippen LogP contribution is -2.61. The predicted molar refractivity (Wildman–Crippen MR) is 420 cm³/mol. The number of urea groups is 1. The Morgan fingerprint density at radius 2 is 1.05 bits per heavy atom. The van der Waals surface area contributed by atoms with E-state index in [0.29, 0.717) is 47.0 Å². The standard InChI is InChI=1S/C72H114N24O14S/c1-6-41(4)57(65(105)90-48(23-13-30-82-70(76)77)61(101)92-52(36-42-18-8-7-9-19-42)67(107)96-34-17-27-54(96)64(104)93-56(40(2)3)68(108)109)94-62(102)51(37-43-38-85-46-22-11-10-20-44(43)46)91-60(100)47(24-14-32-84-72(80)110)89-63(103)53-26-16-33-95(53)66(106)50(25-15-31-83-71(78)79)87-55(97)39-86-59(99)49(28-35-111-5)88-58(98)45(73)21-12-29-81-69(74)75/h7-11,18-20,22,38,40-41,45,47-54,56-57,85H,6,12-17,21,23-37,39,73H2,1-5H3,(H,86,99)(H,87,97)(H,88,98)(H,89,103)(H,90,105)(H,91,100)(H,92,101)(H,93,104)(H,94,102)(H,108,109)(H4,74,75,81)(H4,76,77,82)(H4,78,79,83)(H3,80,84,110)/t41-,45-,47-,48-,49-,50-,51-,52-,53-,54-,56-,57-/m0/s1. The Bertz CT molecular complexity index is 3740. The maximum absolute atomic E-state index is 15.3. The summed E-state index contributed by atoms with van der Waals surface area (Å²) in [5.41, 5.74) is 46.7. The fourth-order valence-electron chi connectivity index (χ4n) is 12.9. The second-order valence-electron chi connectivity index (χ2n) is 27.9. The van der Waals surface area contributed by atoms with Crippen LogP contribution in [-0.2, 0) is 70.4 Å². The van der Waals surface area contributed by atoms with Crippen molar-refractivity contribution < 1.29 is 67.4 Å². The van der Waals surface area contributed by atoms with Crippen molar-refractivity contribution in [2.75, 3.05) is 57.8 Å². The number of thioether (sulfide) groups is 1. The molecule has 2 aliphatic rings. The maximum atomic E-state index is 15.3. The van der Waals surface area contributed by atoms with Crippen LogP contribution >= 0.6 is 11.8 Å².